The molecular formula is C15H14BrF3N2. The van der Waals surface area contributed by atoms with Crippen LogP contribution in [-0.4, -0.2) is 0 Å². The van der Waals surface area contributed by atoms with E-state index in [2.05, 4.69) is 21.4 Å². The van der Waals surface area contributed by atoms with E-state index in [9.17, 15) is 13.2 Å². The molecule has 0 saturated carbocycles. The second-order valence-corrected chi connectivity index (χ2v) is 5.60. The van der Waals surface area contributed by atoms with Crippen molar-refractivity contribution >= 4 is 15.9 Å². The van der Waals surface area contributed by atoms with Crippen molar-refractivity contribution in [2.24, 2.45) is 5.84 Å². The van der Waals surface area contributed by atoms with Crippen molar-refractivity contribution in [3.05, 3.63) is 69.2 Å². The van der Waals surface area contributed by atoms with Gasteiger partial charge < -0.3 is 0 Å². The maximum atomic E-state index is 12.6. The third-order valence-corrected chi connectivity index (χ3v) is 3.92. The highest BCUT2D eigenvalue weighted by Gasteiger charge is 2.30. The van der Waals surface area contributed by atoms with Crippen LogP contribution < -0.4 is 11.3 Å². The molecule has 0 aliphatic heterocycles. The molecule has 2 aromatic rings. The Morgan fingerprint density at radius 1 is 1.10 bits per heavy atom. The molecule has 1 unspecified atom stereocenters. The van der Waals surface area contributed by atoms with Crippen LogP contribution in [0.5, 0.6) is 0 Å². The molecule has 0 aromatic heterocycles. The fourth-order valence-electron chi connectivity index (χ4n) is 2.11. The van der Waals surface area contributed by atoms with Gasteiger partial charge in [0, 0.05) is 4.47 Å². The summed E-state index contributed by atoms with van der Waals surface area (Å²) >= 11 is 3.44. The van der Waals surface area contributed by atoms with Crippen molar-refractivity contribution < 1.29 is 13.2 Å². The average Bonchev–Trinajstić information content (AvgIpc) is 2.43. The van der Waals surface area contributed by atoms with Crippen LogP contribution >= 0.6 is 15.9 Å². The van der Waals surface area contributed by atoms with Crippen LogP contribution in [0.1, 0.15) is 28.3 Å². The van der Waals surface area contributed by atoms with Crippen molar-refractivity contribution in [2.45, 2.75) is 19.1 Å². The highest BCUT2D eigenvalue weighted by atomic mass is 79.9. The van der Waals surface area contributed by atoms with Gasteiger partial charge in [0.25, 0.3) is 0 Å². The molecule has 0 bridgehead atoms. The van der Waals surface area contributed by atoms with Gasteiger partial charge in [-0.2, -0.15) is 13.2 Å². The first-order chi connectivity index (χ1) is 9.82. The Hall–Kier alpha value is -1.37. The maximum absolute atomic E-state index is 12.6. The van der Waals surface area contributed by atoms with Crippen molar-refractivity contribution in [1.82, 2.24) is 5.43 Å². The van der Waals surface area contributed by atoms with E-state index in [-0.39, 0.29) is 6.04 Å². The number of aryl methyl sites for hydroxylation is 1. The zero-order valence-electron chi connectivity index (χ0n) is 11.2. The minimum atomic E-state index is -4.34. The number of halogens is 4. The predicted molar refractivity (Wildman–Crippen MR) is 79.5 cm³/mol. The second-order valence-electron chi connectivity index (χ2n) is 4.74. The Kier molecular flexibility index (Phi) is 4.70. The smallest absolute Gasteiger partial charge is 0.271 e. The third-order valence-electron chi connectivity index (χ3n) is 3.20. The Labute approximate surface area is 129 Å². The van der Waals surface area contributed by atoms with E-state index < -0.39 is 11.7 Å². The molecule has 21 heavy (non-hydrogen) atoms. The summed E-state index contributed by atoms with van der Waals surface area (Å²) in [6, 6.07) is 10.4. The fraction of sp³-hybridized carbons (Fsp3) is 0.200. The van der Waals surface area contributed by atoms with Gasteiger partial charge in [-0.05, 0) is 36.2 Å². The lowest BCUT2D eigenvalue weighted by Gasteiger charge is -2.19. The summed E-state index contributed by atoms with van der Waals surface area (Å²) < 4.78 is 38.6. The largest absolute Gasteiger partial charge is 0.416 e. The van der Waals surface area contributed by atoms with E-state index in [4.69, 9.17) is 5.84 Å². The molecule has 2 aromatic carbocycles. The minimum Gasteiger partial charge on any atom is -0.271 e. The molecule has 2 rings (SSSR count). The number of hydrogen-bond acceptors (Lipinski definition) is 2. The Morgan fingerprint density at radius 2 is 1.71 bits per heavy atom. The summed E-state index contributed by atoms with van der Waals surface area (Å²) in [5, 5.41) is 0. The van der Waals surface area contributed by atoms with E-state index in [1.54, 1.807) is 0 Å². The normalized spacial score (nSPS) is 13.2. The van der Waals surface area contributed by atoms with Gasteiger partial charge in [0.1, 0.15) is 0 Å². The third kappa shape index (κ3) is 3.64. The molecule has 0 fully saturated rings. The number of alkyl halides is 3. The lowest BCUT2D eigenvalue weighted by Crippen LogP contribution is -2.29. The van der Waals surface area contributed by atoms with Crippen LogP contribution in [-0.2, 0) is 6.18 Å². The number of nitrogens with two attached hydrogens (primary N) is 1. The summed E-state index contributed by atoms with van der Waals surface area (Å²) in [5.41, 5.74) is 4.55. The maximum Gasteiger partial charge on any atom is 0.416 e. The molecule has 0 radical (unpaired) electrons. The first-order valence-corrected chi connectivity index (χ1v) is 7.01. The quantitative estimate of drug-likeness (QED) is 0.633. The van der Waals surface area contributed by atoms with Crippen LogP contribution in [0, 0.1) is 6.92 Å². The second kappa shape index (κ2) is 6.17. The average molecular weight is 359 g/mol. The summed E-state index contributed by atoms with van der Waals surface area (Å²) in [4.78, 5) is 0. The molecule has 0 amide bonds. The highest BCUT2D eigenvalue weighted by molar-refractivity contribution is 9.10. The summed E-state index contributed by atoms with van der Waals surface area (Å²) in [6.45, 7) is 1.94. The van der Waals surface area contributed by atoms with Crippen LogP contribution in [0.2, 0.25) is 0 Å². The van der Waals surface area contributed by atoms with Crippen LogP contribution in [0.15, 0.2) is 46.9 Å². The molecule has 3 N–H and O–H groups in total. The van der Waals surface area contributed by atoms with E-state index >= 15 is 0 Å². The lowest BCUT2D eigenvalue weighted by atomic mass is 9.97. The molecule has 0 aliphatic rings. The predicted octanol–water partition coefficient (Wildman–Crippen LogP) is 4.33. The van der Waals surface area contributed by atoms with Crippen molar-refractivity contribution in [2.75, 3.05) is 0 Å². The summed E-state index contributed by atoms with van der Waals surface area (Å²) in [5.74, 6) is 5.59. The van der Waals surface area contributed by atoms with Gasteiger partial charge in [0.2, 0.25) is 0 Å². The van der Waals surface area contributed by atoms with Gasteiger partial charge in [-0.15, -0.1) is 0 Å². The number of benzene rings is 2. The van der Waals surface area contributed by atoms with Crippen LogP contribution in [0.3, 0.4) is 0 Å². The van der Waals surface area contributed by atoms with Crippen molar-refractivity contribution in [3.8, 4) is 0 Å². The molecule has 0 heterocycles. The first-order valence-electron chi connectivity index (χ1n) is 6.22. The Balaban J connectivity index is 2.40. The van der Waals surface area contributed by atoms with Gasteiger partial charge in [-0.1, -0.05) is 45.8 Å². The number of hydrazine groups is 1. The number of rotatable bonds is 3. The topological polar surface area (TPSA) is 38.0 Å². The molecule has 0 spiro atoms. The Bertz CT molecular complexity index is 624. The molecule has 2 nitrogen and oxygen atoms in total. The first kappa shape index (κ1) is 16.0. The van der Waals surface area contributed by atoms with Gasteiger partial charge in [0.05, 0.1) is 11.6 Å². The molecule has 0 saturated heterocycles. The fourth-order valence-corrected chi connectivity index (χ4v) is 2.59. The van der Waals surface area contributed by atoms with E-state index in [0.29, 0.717) is 5.56 Å². The molecular weight excluding hydrogens is 345 g/mol. The minimum absolute atomic E-state index is 0.387. The number of hydrogen-bond donors (Lipinski definition) is 2. The van der Waals surface area contributed by atoms with Gasteiger partial charge in [0.15, 0.2) is 0 Å². The zero-order valence-corrected chi connectivity index (χ0v) is 12.8. The monoisotopic (exact) mass is 358 g/mol. The number of nitrogens with one attached hydrogen (secondary N) is 1. The van der Waals surface area contributed by atoms with Crippen molar-refractivity contribution in [1.29, 1.82) is 0 Å². The molecule has 112 valence electrons. The van der Waals surface area contributed by atoms with E-state index in [1.165, 1.54) is 12.1 Å². The summed E-state index contributed by atoms with van der Waals surface area (Å²) in [7, 11) is 0. The SMILES string of the molecule is Cc1ccc(Br)c(C(NN)c2ccc(C(F)(F)F)cc2)c1. The van der Waals surface area contributed by atoms with Crippen LogP contribution in [0.25, 0.3) is 0 Å². The highest BCUT2D eigenvalue weighted by Crippen LogP contribution is 2.32. The standard InChI is InChI=1S/C15H14BrF3N2/c1-9-2-7-13(16)12(8-9)14(21-20)10-3-5-11(6-4-10)15(17,18)19/h2-8,14,21H,20H2,1H3. The van der Waals surface area contributed by atoms with Gasteiger partial charge in [-0.3, -0.25) is 5.84 Å². The van der Waals surface area contributed by atoms with E-state index in [1.807, 2.05) is 25.1 Å². The molecule has 0 aliphatic carbocycles. The van der Waals surface area contributed by atoms with Crippen LogP contribution in [0.4, 0.5) is 13.2 Å². The zero-order chi connectivity index (χ0) is 15.6. The van der Waals surface area contributed by atoms with E-state index in [0.717, 1.165) is 27.7 Å². The molecule has 6 heteroatoms. The Morgan fingerprint density at radius 3 is 2.24 bits per heavy atom. The molecule has 1 atom stereocenters. The van der Waals surface area contributed by atoms with Gasteiger partial charge in [-0.25, -0.2) is 5.43 Å². The van der Waals surface area contributed by atoms with Gasteiger partial charge >= 0.3 is 6.18 Å². The lowest BCUT2D eigenvalue weighted by molar-refractivity contribution is -0.137. The van der Waals surface area contributed by atoms with Crippen molar-refractivity contribution in [3.63, 3.8) is 0 Å². The summed E-state index contributed by atoms with van der Waals surface area (Å²) in [6.07, 6.45) is -4.34.